The SMILES string of the molecule is CCCn1ncc(OC)c1C(C)(O)c1ccc(C)cc1. The lowest BCUT2D eigenvalue weighted by Crippen LogP contribution is -2.27. The highest BCUT2D eigenvalue weighted by atomic mass is 16.5. The summed E-state index contributed by atoms with van der Waals surface area (Å²) in [4.78, 5) is 0. The summed E-state index contributed by atoms with van der Waals surface area (Å²) in [5.74, 6) is 0.615. The van der Waals surface area contributed by atoms with Crippen LogP contribution in [-0.2, 0) is 12.1 Å². The summed E-state index contributed by atoms with van der Waals surface area (Å²) in [6, 6.07) is 7.88. The van der Waals surface area contributed by atoms with E-state index in [1.807, 2.05) is 35.9 Å². The van der Waals surface area contributed by atoms with Crippen molar-refractivity contribution in [3.63, 3.8) is 0 Å². The van der Waals surface area contributed by atoms with Crippen molar-refractivity contribution < 1.29 is 9.84 Å². The Morgan fingerprint density at radius 1 is 1.30 bits per heavy atom. The third-order valence-electron chi connectivity index (χ3n) is 3.54. The summed E-state index contributed by atoms with van der Waals surface area (Å²) in [6.07, 6.45) is 2.61. The first-order valence-electron chi connectivity index (χ1n) is 6.90. The van der Waals surface area contributed by atoms with Gasteiger partial charge in [-0.3, -0.25) is 4.68 Å². The van der Waals surface area contributed by atoms with Crippen LogP contribution in [0.5, 0.6) is 5.75 Å². The molecular weight excluding hydrogens is 252 g/mol. The summed E-state index contributed by atoms with van der Waals surface area (Å²) < 4.78 is 7.18. The fourth-order valence-electron chi connectivity index (χ4n) is 2.40. The van der Waals surface area contributed by atoms with E-state index in [0.29, 0.717) is 11.4 Å². The minimum absolute atomic E-state index is 0.615. The minimum Gasteiger partial charge on any atom is -0.493 e. The maximum atomic E-state index is 11.0. The summed E-state index contributed by atoms with van der Waals surface area (Å²) >= 11 is 0. The minimum atomic E-state index is -1.13. The van der Waals surface area contributed by atoms with Crippen molar-refractivity contribution in [2.75, 3.05) is 7.11 Å². The van der Waals surface area contributed by atoms with Gasteiger partial charge in [-0.05, 0) is 25.8 Å². The van der Waals surface area contributed by atoms with Crippen LogP contribution in [0.15, 0.2) is 30.5 Å². The van der Waals surface area contributed by atoms with Gasteiger partial charge in [-0.25, -0.2) is 0 Å². The average molecular weight is 274 g/mol. The van der Waals surface area contributed by atoms with Crippen LogP contribution in [0.3, 0.4) is 0 Å². The van der Waals surface area contributed by atoms with E-state index >= 15 is 0 Å². The van der Waals surface area contributed by atoms with Gasteiger partial charge in [0.25, 0.3) is 0 Å². The second-order valence-corrected chi connectivity index (χ2v) is 5.22. The van der Waals surface area contributed by atoms with Crippen LogP contribution < -0.4 is 4.74 Å². The molecule has 2 rings (SSSR count). The third-order valence-corrected chi connectivity index (χ3v) is 3.54. The number of methoxy groups -OCH3 is 1. The number of hydrogen-bond donors (Lipinski definition) is 1. The molecule has 20 heavy (non-hydrogen) atoms. The Morgan fingerprint density at radius 3 is 2.50 bits per heavy atom. The summed E-state index contributed by atoms with van der Waals surface area (Å²) in [7, 11) is 1.60. The maximum absolute atomic E-state index is 11.0. The number of aromatic nitrogens is 2. The molecule has 1 aromatic heterocycles. The van der Waals surface area contributed by atoms with E-state index in [-0.39, 0.29) is 0 Å². The molecule has 0 saturated carbocycles. The molecule has 2 aromatic rings. The largest absolute Gasteiger partial charge is 0.493 e. The Kier molecular flexibility index (Phi) is 4.14. The molecule has 0 amide bonds. The molecule has 0 fully saturated rings. The van der Waals surface area contributed by atoms with Crippen LogP contribution in [-0.4, -0.2) is 22.0 Å². The topological polar surface area (TPSA) is 47.3 Å². The number of benzene rings is 1. The first kappa shape index (κ1) is 14.6. The molecular formula is C16H22N2O2. The lowest BCUT2D eigenvalue weighted by atomic mass is 9.91. The molecule has 1 aromatic carbocycles. The van der Waals surface area contributed by atoms with Gasteiger partial charge in [0.15, 0.2) is 5.75 Å². The fraction of sp³-hybridized carbons (Fsp3) is 0.438. The summed E-state index contributed by atoms with van der Waals surface area (Å²) in [5.41, 5.74) is 1.56. The first-order valence-corrected chi connectivity index (χ1v) is 6.90. The zero-order valence-corrected chi connectivity index (χ0v) is 12.6. The zero-order chi connectivity index (χ0) is 14.8. The summed E-state index contributed by atoms with van der Waals surface area (Å²) in [6.45, 7) is 6.64. The fourth-order valence-corrected chi connectivity index (χ4v) is 2.40. The van der Waals surface area contributed by atoms with Gasteiger partial charge in [0.1, 0.15) is 11.3 Å². The van der Waals surface area contributed by atoms with E-state index in [0.717, 1.165) is 18.5 Å². The zero-order valence-electron chi connectivity index (χ0n) is 12.6. The van der Waals surface area contributed by atoms with Crippen LogP contribution in [0.2, 0.25) is 0 Å². The predicted octanol–water partition coefficient (Wildman–Crippen LogP) is 2.87. The molecule has 0 saturated heterocycles. The maximum Gasteiger partial charge on any atom is 0.163 e. The van der Waals surface area contributed by atoms with Gasteiger partial charge in [0.2, 0.25) is 0 Å². The van der Waals surface area contributed by atoms with Crippen LogP contribution in [0.25, 0.3) is 0 Å². The monoisotopic (exact) mass is 274 g/mol. The van der Waals surface area contributed by atoms with Crippen molar-refractivity contribution in [3.05, 3.63) is 47.3 Å². The van der Waals surface area contributed by atoms with E-state index in [4.69, 9.17) is 4.74 Å². The number of hydrogen-bond acceptors (Lipinski definition) is 3. The number of aryl methyl sites for hydroxylation is 2. The van der Waals surface area contributed by atoms with Gasteiger partial charge >= 0.3 is 0 Å². The van der Waals surface area contributed by atoms with Gasteiger partial charge in [0, 0.05) is 6.54 Å². The van der Waals surface area contributed by atoms with Crippen LogP contribution in [0.4, 0.5) is 0 Å². The van der Waals surface area contributed by atoms with Crippen molar-refractivity contribution in [3.8, 4) is 5.75 Å². The average Bonchev–Trinajstić information content (AvgIpc) is 2.83. The van der Waals surface area contributed by atoms with E-state index in [1.165, 1.54) is 5.56 Å². The predicted molar refractivity (Wildman–Crippen MR) is 78.9 cm³/mol. The van der Waals surface area contributed by atoms with Crippen molar-refractivity contribution in [2.24, 2.45) is 0 Å². The molecule has 4 heteroatoms. The Bertz CT molecular complexity index is 571. The second kappa shape index (κ2) is 5.67. The second-order valence-electron chi connectivity index (χ2n) is 5.22. The van der Waals surface area contributed by atoms with Crippen LogP contribution in [0.1, 0.15) is 37.1 Å². The van der Waals surface area contributed by atoms with Crippen molar-refractivity contribution in [2.45, 2.75) is 39.3 Å². The summed E-state index contributed by atoms with van der Waals surface area (Å²) in [5, 5.41) is 15.3. The molecule has 4 nitrogen and oxygen atoms in total. The molecule has 0 aliphatic carbocycles. The molecule has 0 radical (unpaired) electrons. The highest BCUT2D eigenvalue weighted by molar-refractivity contribution is 5.40. The highest BCUT2D eigenvalue weighted by Crippen LogP contribution is 2.35. The van der Waals surface area contributed by atoms with Gasteiger partial charge in [-0.1, -0.05) is 36.8 Å². The molecule has 1 atom stereocenters. The molecule has 0 bridgehead atoms. The van der Waals surface area contributed by atoms with Crippen molar-refractivity contribution >= 4 is 0 Å². The molecule has 0 spiro atoms. The van der Waals surface area contributed by atoms with Gasteiger partial charge in [-0.15, -0.1) is 0 Å². The van der Waals surface area contributed by atoms with Gasteiger partial charge in [-0.2, -0.15) is 5.10 Å². The molecule has 1 unspecified atom stereocenters. The van der Waals surface area contributed by atoms with Crippen LogP contribution in [0, 0.1) is 6.92 Å². The van der Waals surface area contributed by atoms with E-state index in [2.05, 4.69) is 12.0 Å². The normalized spacial score (nSPS) is 14.1. The number of nitrogens with zero attached hydrogens (tertiary/aromatic N) is 2. The quantitative estimate of drug-likeness (QED) is 0.912. The smallest absolute Gasteiger partial charge is 0.163 e. The number of aliphatic hydroxyl groups is 1. The lowest BCUT2D eigenvalue weighted by molar-refractivity contribution is 0.0882. The molecule has 1 heterocycles. The molecule has 108 valence electrons. The molecule has 1 N–H and O–H groups in total. The van der Waals surface area contributed by atoms with E-state index in [1.54, 1.807) is 20.2 Å². The third kappa shape index (κ3) is 2.56. The lowest BCUT2D eigenvalue weighted by Gasteiger charge is -2.26. The van der Waals surface area contributed by atoms with E-state index in [9.17, 15) is 5.11 Å². The number of rotatable bonds is 5. The molecule has 0 aliphatic rings. The van der Waals surface area contributed by atoms with Crippen LogP contribution >= 0.6 is 0 Å². The van der Waals surface area contributed by atoms with Crippen molar-refractivity contribution in [1.82, 2.24) is 9.78 Å². The van der Waals surface area contributed by atoms with Gasteiger partial charge < -0.3 is 9.84 Å². The number of ether oxygens (including phenoxy) is 1. The Morgan fingerprint density at radius 2 is 1.95 bits per heavy atom. The standard InChI is InChI=1S/C16H22N2O2/c1-5-10-18-15(14(20-4)11-17-18)16(3,19)13-8-6-12(2)7-9-13/h6-9,11,19H,5,10H2,1-4H3. The first-order chi connectivity index (χ1) is 9.50. The Balaban J connectivity index is 2.52. The molecule has 0 aliphatic heterocycles. The Labute approximate surface area is 120 Å². The van der Waals surface area contributed by atoms with E-state index < -0.39 is 5.60 Å². The Hall–Kier alpha value is -1.81. The highest BCUT2D eigenvalue weighted by Gasteiger charge is 2.33. The van der Waals surface area contributed by atoms with Crippen molar-refractivity contribution in [1.29, 1.82) is 0 Å². The van der Waals surface area contributed by atoms with Gasteiger partial charge in [0.05, 0.1) is 13.3 Å².